The molecule has 0 radical (unpaired) electrons. The fourth-order valence-electron chi connectivity index (χ4n) is 3.07. The molecule has 0 aromatic carbocycles. The van der Waals surface area contributed by atoms with Gasteiger partial charge in [0.2, 0.25) is 0 Å². The molecule has 0 unspecified atom stereocenters. The normalized spacial score (nSPS) is 12.7. The maximum absolute atomic E-state index is 3.51. The molecule has 0 spiro atoms. The summed E-state index contributed by atoms with van der Waals surface area (Å²) in [6, 6.07) is 0. The summed E-state index contributed by atoms with van der Waals surface area (Å²) in [5.74, 6) is 0.961. The minimum absolute atomic E-state index is 0.961. The average molecular weight is 361 g/mol. The number of hydrogen-bond acceptors (Lipinski definition) is 0. The first-order chi connectivity index (χ1) is 10.3. The van der Waals surface area contributed by atoms with Crippen LogP contribution in [0, 0.1) is 5.92 Å². The van der Waals surface area contributed by atoms with Crippen LogP contribution in [-0.4, -0.2) is 5.33 Å². The Kier molecular flexibility index (Phi) is 19.0. The van der Waals surface area contributed by atoms with E-state index in [1.165, 1.54) is 108 Å². The number of halogens is 1. The molecule has 0 N–H and O–H groups in total. The summed E-state index contributed by atoms with van der Waals surface area (Å²) in [7, 11) is 0. The standard InChI is InChI=1S/C20H41Br/c1-3-4-5-6-7-8-9-10-11-14-17-20(2)18-15-12-13-16-19-21/h20H,3-19H2,1-2H3/t20-/m0/s1. The number of rotatable bonds is 17. The van der Waals surface area contributed by atoms with Gasteiger partial charge in [-0.25, -0.2) is 0 Å². The Hall–Kier alpha value is 0.480. The summed E-state index contributed by atoms with van der Waals surface area (Å²) < 4.78 is 0. The van der Waals surface area contributed by atoms with Crippen molar-refractivity contribution in [2.24, 2.45) is 5.92 Å². The molecule has 0 saturated heterocycles. The summed E-state index contributed by atoms with van der Waals surface area (Å²) in [5, 5.41) is 1.18. The SMILES string of the molecule is CCCCCCCCCCCC[C@H](C)CCCCCCBr. The van der Waals surface area contributed by atoms with Gasteiger partial charge in [0.1, 0.15) is 0 Å². The molecule has 1 atom stereocenters. The molecule has 0 aliphatic carbocycles. The van der Waals surface area contributed by atoms with E-state index in [1.54, 1.807) is 0 Å². The summed E-state index contributed by atoms with van der Waals surface area (Å²) in [6.07, 6.45) is 23.2. The zero-order chi connectivity index (χ0) is 15.6. The van der Waals surface area contributed by atoms with Crippen molar-refractivity contribution in [3.05, 3.63) is 0 Å². The van der Waals surface area contributed by atoms with Crippen LogP contribution in [0.2, 0.25) is 0 Å². The Bertz CT molecular complexity index is 179. The predicted octanol–water partition coefficient (Wildman–Crippen LogP) is 8.28. The lowest BCUT2D eigenvalue weighted by Crippen LogP contribution is -1.95. The monoisotopic (exact) mass is 360 g/mol. The van der Waals surface area contributed by atoms with Crippen LogP contribution >= 0.6 is 15.9 Å². The van der Waals surface area contributed by atoms with Gasteiger partial charge in [0.25, 0.3) is 0 Å². The topological polar surface area (TPSA) is 0 Å². The second-order valence-electron chi connectivity index (χ2n) is 6.97. The smallest absolute Gasteiger partial charge is 0.00313 e. The summed E-state index contributed by atoms with van der Waals surface area (Å²) in [6.45, 7) is 4.75. The van der Waals surface area contributed by atoms with E-state index < -0.39 is 0 Å². The van der Waals surface area contributed by atoms with Crippen molar-refractivity contribution >= 4 is 15.9 Å². The molecular formula is C20H41Br. The van der Waals surface area contributed by atoms with E-state index >= 15 is 0 Å². The number of alkyl halides is 1. The molecule has 0 aromatic heterocycles. The van der Waals surface area contributed by atoms with Gasteiger partial charge in [0.15, 0.2) is 0 Å². The molecule has 0 aromatic rings. The van der Waals surface area contributed by atoms with Crippen molar-refractivity contribution in [1.82, 2.24) is 0 Å². The Labute approximate surface area is 144 Å². The molecule has 0 heterocycles. The highest BCUT2D eigenvalue weighted by molar-refractivity contribution is 9.09. The van der Waals surface area contributed by atoms with Crippen LogP contribution < -0.4 is 0 Å². The van der Waals surface area contributed by atoms with Crippen LogP contribution in [0.4, 0.5) is 0 Å². The number of unbranched alkanes of at least 4 members (excludes halogenated alkanes) is 12. The molecule has 0 nitrogen and oxygen atoms in total. The lowest BCUT2D eigenvalue weighted by atomic mass is 9.96. The molecule has 0 saturated carbocycles. The van der Waals surface area contributed by atoms with E-state index in [0.717, 1.165) is 5.92 Å². The van der Waals surface area contributed by atoms with Crippen LogP contribution in [0.25, 0.3) is 0 Å². The molecule has 0 rings (SSSR count). The minimum Gasteiger partial charge on any atom is -0.0928 e. The van der Waals surface area contributed by atoms with Gasteiger partial charge in [-0.1, -0.05) is 126 Å². The minimum atomic E-state index is 0.961. The second-order valence-corrected chi connectivity index (χ2v) is 7.76. The van der Waals surface area contributed by atoms with Crippen LogP contribution in [0.5, 0.6) is 0 Å². The van der Waals surface area contributed by atoms with Crippen molar-refractivity contribution in [3.63, 3.8) is 0 Å². The van der Waals surface area contributed by atoms with Gasteiger partial charge in [-0.15, -0.1) is 0 Å². The van der Waals surface area contributed by atoms with Gasteiger partial charge >= 0.3 is 0 Å². The Morgan fingerprint density at radius 1 is 0.571 bits per heavy atom. The third kappa shape index (κ3) is 18.4. The van der Waals surface area contributed by atoms with E-state index in [9.17, 15) is 0 Å². The maximum Gasteiger partial charge on any atom is 0.00313 e. The first-order valence-electron chi connectivity index (χ1n) is 9.87. The molecule has 0 amide bonds. The van der Waals surface area contributed by atoms with Crippen LogP contribution in [0.1, 0.15) is 117 Å². The van der Waals surface area contributed by atoms with Gasteiger partial charge in [-0.05, 0) is 12.3 Å². The average Bonchev–Trinajstić information content (AvgIpc) is 2.49. The zero-order valence-electron chi connectivity index (χ0n) is 15.0. The van der Waals surface area contributed by atoms with Crippen LogP contribution in [0.15, 0.2) is 0 Å². The van der Waals surface area contributed by atoms with Crippen LogP contribution in [0.3, 0.4) is 0 Å². The first kappa shape index (κ1) is 21.5. The maximum atomic E-state index is 3.51. The van der Waals surface area contributed by atoms with Gasteiger partial charge in [0, 0.05) is 5.33 Å². The van der Waals surface area contributed by atoms with E-state index in [4.69, 9.17) is 0 Å². The van der Waals surface area contributed by atoms with Gasteiger partial charge in [-0.2, -0.15) is 0 Å². The highest BCUT2D eigenvalue weighted by atomic mass is 79.9. The molecule has 1 heteroatoms. The Balaban J connectivity index is 3.09. The highest BCUT2D eigenvalue weighted by Gasteiger charge is 2.02. The third-order valence-corrected chi connectivity index (χ3v) is 5.19. The Morgan fingerprint density at radius 2 is 0.952 bits per heavy atom. The van der Waals surface area contributed by atoms with E-state index in [0.29, 0.717) is 0 Å². The second kappa shape index (κ2) is 18.5. The van der Waals surface area contributed by atoms with Crippen molar-refractivity contribution < 1.29 is 0 Å². The lowest BCUT2D eigenvalue weighted by molar-refractivity contribution is 0.433. The molecule has 128 valence electrons. The molecule has 0 bridgehead atoms. The van der Waals surface area contributed by atoms with Gasteiger partial charge in [0.05, 0.1) is 0 Å². The first-order valence-corrected chi connectivity index (χ1v) is 11.0. The summed E-state index contributed by atoms with van der Waals surface area (Å²) in [4.78, 5) is 0. The van der Waals surface area contributed by atoms with E-state index in [2.05, 4.69) is 29.8 Å². The predicted molar refractivity (Wildman–Crippen MR) is 103 cm³/mol. The Morgan fingerprint density at radius 3 is 1.38 bits per heavy atom. The van der Waals surface area contributed by atoms with Gasteiger partial charge < -0.3 is 0 Å². The zero-order valence-corrected chi connectivity index (χ0v) is 16.6. The van der Waals surface area contributed by atoms with Gasteiger partial charge in [-0.3, -0.25) is 0 Å². The van der Waals surface area contributed by atoms with Crippen molar-refractivity contribution in [1.29, 1.82) is 0 Å². The molecule has 21 heavy (non-hydrogen) atoms. The highest BCUT2D eigenvalue weighted by Crippen LogP contribution is 2.18. The summed E-state index contributed by atoms with van der Waals surface area (Å²) in [5.41, 5.74) is 0. The molecule has 0 aliphatic heterocycles. The summed E-state index contributed by atoms with van der Waals surface area (Å²) >= 11 is 3.51. The van der Waals surface area contributed by atoms with Crippen LogP contribution in [-0.2, 0) is 0 Å². The number of hydrogen-bond donors (Lipinski definition) is 0. The fraction of sp³-hybridized carbons (Fsp3) is 1.00. The van der Waals surface area contributed by atoms with Crippen molar-refractivity contribution in [2.45, 2.75) is 117 Å². The third-order valence-electron chi connectivity index (χ3n) is 4.63. The largest absolute Gasteiger partial charge is 0.0928 e. The molecule has 0 aliphatic rings. The quantitative estimate of drug-likeness (QED) is 0.181. The fourth-order valence-corrected chi connectivity index (χ4v) is 3.46. The molecular weight excluding hydrogens is 320 g/mol. The van der Waals surface area contributed by atoms with E-state index in [-0.39, 0.29) is 0 Å². The molecule has 0 fully saturated rings. The van der Waals surface area contributed by atoms with E-state index in [1.807, 2.05) is 0 Å². The van der Waals surface area contributed by atoms with Crippen molar-refractivity contribution in [3.8, 4) is 0 Å². The van der Waals surface area contributed by atoms with Crippen molar-refractivity contribution in [2.75, 3.05) is 5.33 Å². The lowest BCUT2D eigenvalue weighted by Gasteiger charge is -2.10.